The van der Waals surface area contributed by atoms with Gasteiger partial charge in [-0.05, 0) is 61.3 Å². The zero-order valence-corrected chi connectivity index (χ0v) is 19.4. The summed E-state index contributed by atoms with van der Waals surface area (Å²) < 4.78 is 0. The van der Waals surface area contributed by atoms with E-state index in [1.165, 1.54) is 41.0 Å². The monoisotopic (exact) mass is 485 g/mol. The molecular formula is C27H23N3O6. The number of Topliss-reactive ketones (excluding diaryl/α,β-unsaturated/α-hetero) is 1. The fourth-order valence-corrected chi connectivity index (χ4v) is 6.34. The Hall–Kier alpha value is -4.14. The van der Waals surface area contributed by atoms with Gasteiger partial charge in [-0.3, -0.25) is 39.1 Å². The normalized spacial score (nSPS) is 29.1. The maximum atomic E-state index is 13.6. The Morgan fingerprint density at radius 1 is 0.972 bits per heavy atom. The summed E-state index contributed by atoms with van der Waals surface area (Å²) in [5, 5.41) is 11.0. The Balaban J connectivity index is 1.35. The fourth-order valence-electron chi connectivity index (χ4n) is 6.34. The molecule has 3 fully saturated rings. The molecule has 0 aromatic heterocycles. The quantitative estimate of drug-likeness (QED) is 0.203. The van der Waals surface area contributed by atoms with Crippen molar-refractivity contribution in [2.45, 2.75) is 13.3 Å². The first-order valence-electron chi connectivity index (χ1n) is 12.0. The Kier molecular flexibility index (Phi) is 4.93. The van der Waals surface area contributed by atoms with Gasteiger partial charge in [0.2, 0.25) is 11.8 Å². The fraction of sp³-hybridized carbons (Fsp3) is 0.333. The van der Waals surface area contributed by atoms with Crippen LogP contribution in [0.5, 0.6) is 0 Å². The second-order valence-electron chi connectivity index (χ2n) is 10.0. The summed E-state index contributed by atoms with van der Waals surface area (Å²) in [6.07, 6.45) is 5.23. The van der Waals surface area contributed by atoms with Crippen LogP contribution in [0.1, 0.15) is 34.1 Å². The van der Waals surface area contributed by atoms with Gasteiger partial charge in [0.05, 0.1) is 16.8 Å². The lowest BCUT2D eigenvalue weighted by molar-refractivity contribution is -0.384. The summed E-state index contributed by atoms with van der Waals surface area (Å²) in [7, 11) is 0. The summed E-state index contributed by atoms with van der Waals surface area (Å²) in [5.41, 5.74) is 0.732. The third kappa shape index (κ3) is 3.30. The molecule has 0 N–H and O–H groups in total. The van der Waals surface area contributed by atoms with Crippen molar-refractivity contribution in [2.24, 2.45) is 35.5 Å². The first kappa shape index (κ1) is 22.3. The number of nitrogens with zero attached hydrogens (tertiary/aromatic N) is 3. The second-order valence-corrected chi connectivity index (χ2v) is 10.0. The Bertz CT molecular complexity index is 1330. The van der Waals surface area contributed by atoms with Crippen molar-refractivity contribution in [2.75, 3.05) is 11.6 Å². The van der Waals surface area contributed by atoms with Crippen LogP contribution in [-0.2, 0) is 9.59 Å². The minimum absolute atomic E-state index is 0.0614. The topological polar surface area (TPSA) is 118 Å². The smallest absolute Gasteiger partial charge is 0.269 e. The van der Waals surface area contributed by atoms with Crippen LogP contribution in [0.15, 0.2) is 60.7 Å². The van der Waals surface area contributed by atoms with Crippen LogP contribution in [0, 0.1) is 45.6 Å². The van der Waals surface area contributed by atoms with E-state index < -0.39 is 22.7 Å². The zero-order chi connectivity index (χ0) is 25.3. The molecule has 1 saturated heterocycles. The molecule has 182 valence electrons. The number of allylic oxidation sites excluding steroid dienone is 2. The predicted octanol–water partition coefficient (Wildman–Crippen LogP) is 3.45. The largest absolute Gasteiger partial charge is 0.295 e. The highest BCUT2D eigenvalue weighted by molar-refractivity contribution is 6.10. The van der Waals surface area contributed by atoms with E-state index in [0.717, 1.165) is 6.42 Å². The van der Waals surface area contributed by atoms with Crippen molar-refractivity contribution in [1.29, 1.82) is 0 Å². The number of benzene rings is 2. The van der Waals surface area contributed by atoms with E-state index in [0.29, 0.717) is 23.1 Å². The molecule has 1 heterocycles. The number of amides is 3. The van der Waals surface area contributed by atoms with E-state index in [1.54, 1.807) is 24.3 Å². The maximum absolute atomic E-state index is 13.6. The van der Waals surface area contributed by atoms with Gasteiger partial charge in [0.15, 0.2) is 5.78 Å². The van der Waals surface area contributed by atoms with E-state index in [2.05, 4.69) is 12.2 Å². The molecule has 0 radical (unpaired) electrons. The van der Waals surface area contributed by atoms with Crippen molar-refractivity contribution in [3.8, 4) is 0 Å². The molecule has 0 spiro atoms. The number of carbonyl (C=O) groups is 4. The highest BCUT2D eigenvalue weighted by Crippen LogP contribution is 2.65. The molecule has 4 aliphatic carbocycles. The first-order valence-corrected chi connectivity index (χ1v) is 12.0. The van der Waals surface area contributed by atoms with Crippen molar-refractivity contribution in [3.63, 3.8) is 0 Å². The standard InChI is InChI=1S/C27H23N3O6/c1-14(31)16-3-2-4-18(11-16)28(25(32)15-5-7-17(8-6-15)30(35)36)13-29-26(33)23-19-9-10-20(22-12-21(19)22)24(23)27(29)34/h2-11,19-24H,12-13H2,1H3. The van der Waals surface area contributed by atoms with E-state index in [4.69, 9.17) is 0 Å². The molecule has 3 amide bonds. The minimum atomic E-state index is -0.557. The number of non-ortho nitro benzene ring substituents is 1. The van der Waals surface area contributed by atoms with Crippen LogP contribution in [0.25, 0.3) is 0 Å². The van der Waals surface area contributed by atoms with Gasteiger partial charge in [-0.2, -0.15) is 0 Å². The van der Waals surface area contributed by atoms with Gasteiger partial charge in [-0.1, -0.05) is 24.3 Å². The molecule has 2 saturated carbocycles. The molecule has 6 unspecified atom stereocenters. The number of anilines is 1. The molecule has 5 aliphatic rings. The van der Waals surface area contributed by atoms with Gasteiger partial charge in [0.1, 0.15) is 6.67 Å². The number of likely N-dealkylation sites (tertiary alicyclic amines) is 1. The minimum Gasteiger partial charge on any atom is -0.295 e. The molecule has 36 heavy (non-hydrogen) atoms. The summed E-state index contributed by atoms with van der Waals surface area (Å²) >= 11 is 0. The molecule has 9 nitrogen and oxygen atoms in total. The third-order valence-corrected chi connectivity index (χ3v) is 8.17. The number of carbonyl (C=O) groups excluding carboxylic acids is 4. The number of nitro benzene ring substituents is 1. The molecular weight excluding hydrogens is 462 g/mol. The summed E-state index contributed by atoms with van der Waals surface area (Å²) in [4.78, 5) is 65.6. The van der Waals surface area contributed by atoms with Crippen molar-refractivity contribution in [1.82, 2.24) is 4.90 Å². The van der Waals surface area contributed by atoms with Gasteiger partial charge >= 0.3 is 0 Å². The van der Waals surface area contributed by atoms with E-state index in [-0.39, 0.29) is 47.4 Å². The number of ketones is 1. The maximum Gasteiger partial charge on any atom is 0.269 e. The molecule has 6 atom stereocenters. The summed E-state index contributed by atoms with van der Waals surface area (Å²) in [6.45, 7) is 1.12. The van der Waals surface area contributed by atoms with Crippen molar-refractivity contribution < 1.29 is 24.1 Å². The molecule has 1 aliphatic heterocycles. The molecule has 2 bridgehead atoms. The molecule has 2 aromatic rings. The number of nitro groups is 1. The average Bonchev–Trinajstić information content (AvgIpc) is 3.67. The Morgan fingerprint density at radius 2 is 1.58 bits per heavy atom. The van der Waals surface area contributed by atoms with Crippen LogP contribution in [0.4, 0.5) is 11.4 Å². The van der Waals surface area contributed by atoms with Crippen LogP contribution >= 0.6 is 0 Å². The number of imide groups is 1. The Labute approximate surface area is 206 Å². The lowest BCUT2D eigenvalue weighted by atomic mass is 9.63. The van der Waals surface area contributed by atoms with Gasteiger partial charge in [0.25, 0.3) is 11.6 Å². The van der Waals surface area contributed by atoms with E-state index in [1.807, 2.05) is 0 Å². The second kappa shape index (κ2) is 7.94. The average molecular weight is 485 g/mol. The van der Waals surface area contributed by atoms with Crippen LogP contribution < -0.4 is 4.90 Å². The predicted molar refractivity (Wildman–Crippen MR) is 128 cm³/mol. The number of rotatable bonds is 6. The number of hydrogen-bond donors (Lipinski definition) is 0. The zero-order valence-electron chi connectivity index (χ0n) is 19.4. The summed E-state index contributed by atoms with van der Waals surface area (Å²) in [6, 6.07) is 11.6. The van der Waals surface area contributed by atoms with Gasteiger partial charge in [0, 0.05) is 28.9 Å². The van der Waals surface area contributed by atoms with Crippen LogP contribution in [-0.4, -0.2) is 40.0 Å². The lowest BCUT2D eigenvalue weighted by Gasteiger charge is -2.37. The Morgan fingerprint density at radius 3 is 2.14 bits per heavy atom. The SMILES string of the molecule is CC(=O)c1cccc(N(CN2C(=O)C3C4C=CC(C5CC45)C3C2=O)C(=O)c2ccc([N+](=O)[O-])cc2)c1. The number of hydrogen-bond acceptors (Lipinski definition) is 6. The lowest BCUT2D eigenvalue weighted by Crippen LogP contribution is -2.45. The summed E-state index contributed by atoms with van der Waals surface area (Å²) in [5.74, 6) is -1.00. The van der Waals surface area contributed by atoms with Gasteiger partial charge < -0.3 is 0 Å². The van der Waals surface area contributed by atoms with Crippen LogP contribution in [0.3, 0.4) is 0 Å². The van der Waals surface area contributed by atoms with Gasteiger partial charge in [-0.25, -0.2) is 0 Å². The van der Waals surface area contributed by atoms with Gasteiger partial charge in [-0.15, -0.1) is 0 Å². The van der Waals surface area contributed by atoms with E-state index in [9.17, 15) is 29.3 Å². The van der Waals surface area contributed by atoms with Crippen molar-refractivity contribution >= 4 is 34.9 Å². The molecule has 2 aromatic carbocycles. The van der Waals surface area contributed by atoms with E-state index >= 15 is 0 Å². The molecule has 9 heteroatoms. The molecule has 7 rings (SSSR count). The van der Waals surface area contributed by atoms with Crippen molar-refractivity contribution in [3.05, 3.63) is 81.9 Å². The highest BCUT2D eigenvalue weighted by Gasteiger charge is 2.67. The third-order valence-electron chi connectivity index (χ3n) is 8.17. The highest BCUT2D eigenvalue weighted by atomic mass is 16.6. The first-order chi connectivity index (χ1) is 17.3. The van der Waals surface area contributed by atoms with Crippen LogP contribution in [0.2, 0.25) is 0 Å².